The molecule has 0 aliphatic rings. The first-order valence-corrected chi connectivity index (χ1v) is 7.77. The Labute approximate surface area is 73.2 Å². The van der Waals surface area contributed by atoms with Gasteiger partial charge in [-0.25, -0.2) is 0 Å². The van der Waals surface area contributed by atoms with E-state index in [1.165, 1.54) is 6.04 Å². The molecule has 0 aromatic carbocycles. The van der Waals surface area contributed by atoms with E-state index in [9.17, 15) is 0 Å². The molecular weight excluding hydrogens is 172 g/mol. The summed E-state index contributed by atoms with van der Waals surface area (Å²) in [5, 5.41) is 0. The van der Waals surface area contributed by atoms with Crippen LogP contribution in [0.5, 0.6) is 0 Å². The van der Waals surface area contributed by atoms with Gasteiger partial charge in [-0.1, -0.05) is 0 Å². The van der Waals surface area contributed by atoms with Crippen molar-refractivity contribution in [1.82, 2.24) is 0 Å². The summed E-state index contributed by atoms with van der Waals surface area (Å²) in [6.45, 7) is 3.79. The van der Waals surface area contributed by atoms with Gasteiger partial charge in [0.1, 0.15) is 10.5 Å². The van der Waals surface area contributed by atoms with E-state index in [1.54, 1.807) is 0 Å². The minimum absolute atomic E-state index is 0.759. The highest BCUT2D eigenvalue weighted by atomic mass is 28.4. The molecule has 0 aromatic heterocycles. The lowest BCUT2D eigenvalue weighted by atomic mass is 10.5. The molecule has 0 saturated carbocycles. The van der Waals surface area contributed by atoms with Crippen LogP contribution in [0.3, 0.4) is 0 Å². The van der Waals surface area contributed by atoms with E-state index >= 15 is 0 Å². The summed E-state index contributed by atoms with van der Waals surface area (Å²) in [4.78, 5) is 0. The second kappa shape index (κ2) is 5.90. The molecule has 0 spiro atoms. The Balaban J connectivity index is 3.68. The fourth-order valence-corrected chi connectivity index (χ4v) is 4.56. The third-order valence-corrected chi connectivity index (χ3v) is 8.78. The van der Waals surface area contributed by atoms with E-state index < -0.39 is 8.32 Å². The normalized spacial score (nSPS) is 16.6. The van der Waals surface area contributed by atoms with Gasteiger partial charge in [-0.15, -0.1) is 0 Å². The van der Waals surface area contributed by atoms with Gasteiger partial charge in [0.2, 0.25) is 0 Å². The van der Waals surface area contributed by atoms with E-state index in [1.807, 2.05) is 0 Å². The zero-order valence-electron chi connectivity index (χ0n) is 7.60. The summed E-state index contributed by atoms with van der Waals surface area (Å²) in [6.07, 6.45) is 1.09. The van der Waals surface area contributed by atoms with E-state index in [0.29, 0.717) is 0 Å². The molecule has 0 fully saturated rings. The van der Waals surface area contributed by atoms with Crippen molar-refractivity contribution in [1.29, 1.82) is 0 Å². The summed E-state index contributed by atoms with van der Waals surface area (Å²) in [6, 6.07) is 2.25. The Kier molecular flexibility index (Phi) is 6.07. The van der Waals surface area contributed by atoms with Crippen molar-refractivity contribution in [3.05, 3.63) is 0 Å². The Morgan fingerprint density at radius 1 is 1.27 bits per heavy atom. The summed E-state index contributed by atoms with van der Waals surface area (Å²) in [5.74, 6) is 0. The van der Waals surface area contributed by atoms with Crippen LogP contribution in [0.4, 0.5) is 0 Å². The van der Waals surface area contributed by atoms with Crippen LogP contribution in [-0.2, 0) is 4.12 Å². The maximum atomic E-state index is 5.62. The number of hydrogen-bond donors (Lipinski definition) is 2. The summed E-state index contributed by atoms with van der Waals surface area (Å²) >= 11 is 0. The highest BCUT2D eigenvalue weighted by molar-refractivity contribution is 6.75. The predicted molar refractivity (Wildman–Crippen MR) is 55.0 cm³/mol. The van der Waals surface area contributed by atoms with Gasteiger partial charge in [0.15, 0.2) is 8.32 Å². The van der Waals surface area contributed by atoms with E-state index in [4.69, 9.17) is 15.6 Å². The van der Waals surface area contributed by atoms with Gasteiger partial charge >= 0.3 is 0 Å². The van der Waals surface area contributed by atoms with Crippen LogP contribution in [-0.4, -0.2) is 31.9 Å². The monoisotopic (exact) mass is 192 g/mol. The van der Waals surface area contributed by atoms with Crippen molar-refractivity contribution >= 4 is 18.8 Å². The van der Waals surface area contributed by atoms with Gasteiger partial charge in [-0.3, -0.25) is 0 Å². The van der Waals surface area contributed by atoms with Crippen molar-refractivity contribution in [3.8, 4) is 0 Å². The van der Waals surface area contributed by atoms with Crippen LogP contribution in [0.2, 0.25) is 18.6 Å². The minimum Gasteiger partial charge on any atom is -0.463 e. The summed E-state index contributed by atoms with van der Waals surface area (Å²) < 4.78 is 5.62. The van der Waals surface area contributed by atoms with Crippen molar-refractivity contribution in [2.45, 2.75) is 25.1 Å². The molecule has 3 nitrogen and oxygen atoms in total. The van der Waals surface area contributed by atoms with Crippen LogP contribution in [0.15, 0.2) is 0 Å². The molecule has 0 amide bonds. The largest absolute Gasteiger partial charge is 0.463 e. The standard InChI is InChI=1S/C6H20N2OSi2/c1-11(9-10,6-4-8)5-2-3-7/h2-8H2,1,10H3. The molecule has 68 valence electrons. The second-order valence-corrected chi connectivity index (χ2v) is 8.62. The fourth-order valence-electron chi connectivity index (χ4n) is 1.11. The minimum atomic E-state index is -1.39. The van der Waals surface area contributed by atoms with Crippen LogP contribution in [0, 0.1) is 0 Å². The fraction of sp³-hybridized carbons (Fsp3) is 1.00. The zero-order valence-corrected chi connectivity index (χ0v) is 10.6. The summed E-state index contributed by atoms with van der Waals surface area (Å²) in [7, 11) is -0.545. The Bertz CT molecular complexity index is 105. The highest BCUT2D eigenvalue weighted by Gasteiger charge is 2.24. The Morgan fingerprint density at radius 3 is 2.27 bits per heavy atom. The average Bonchev–Trinajstić information content (AvgIpc) is 2.02. The van der Waals surface area contributed by atoms with Crippen LogP contribution >= 0.6 is 0 Å². The molecule has 11 heavy (non-hydrogen) atoms. The van der Waals surface area contributed by atoms with E-state index in [2.05, 4.69) is 6.55 Å². The van der Waals surface area contributed by atoms with Gasteiger partial charge in [0.25, 0.3) is 0 Å². The van der Waals surface area contributed by atoms with Gasteiger partial charge < -0.3 is 15.6 Å². The smallest absolute Gasteiger partial charge is 0.177 e. The van der Waals surface area contributed by atoms with Crippen molar-refractivity contribution < 1.29 is 4.12 Å². The molecule has 0 aromatic rings. The lowest BCUT2D eigenvalue weighted by Gasteiger charge is -2.25. The number of nitrogens with two attached hydrogens (primary N) is 2. The van der Waals surface area contributed by atoms with Crippen molar-refractivity contribution in [2.75, 3.05) is 13.1 Å². The van der Waals surface area contributed by atoms with E-state index in [0.717, 1.165) is 36.0 Å². The molecule has 5 heteroatoms. The van der Waals surface area contributed by atoms with Crippen LogP contribution in [0.25, 0.3) is 0 Å². The lowest BCUT2D eigenvalue weighted by molar-refractivity contribution is 0.586. The molecule has 0 heterocycles. The average molecular weight is 192 g/mol. The molecule has 0 bridgehead atoms. The maximum Gasteiger partial charge on any atom is 0.177 e. The van der Waals surface area contributed by atoms with Crippen molar-refractivity contribution in [2.24, 2.45) is 11.5 Å². The first-order chi connectivity index (χ1) is 5.18. The third kappa shape index (κ3) is 4.70. The molecule has 0 rings (SSSR count). The molecule has 4 N–H and O–H groups in total. The van der Waals surface area contributed by atoms with Gasteiger partial charge in [-0.2, -0.15) is 0 Å². The SMILES string of the molecule is C[Si](CCN)(CCCN)O[SiH3]. The zero-order chi connectivity index (χ0) is 8.74. The van der Waals surface area contributed by atoms with Crippen molar-refractivity contribution in [3.63, 3.8) is 0 Å². The molecule has 1 atom stereocenters. The maximum absolute atomic E-state index is 5.62. The second-order valence-electron chi connectivity index (χ2n) is 3.08. The molecule has 0 radical (unpaired) electrons. The van der Waals surface area contributed by atoms with Crippen LogP contribution < -0.4 is 11.5 Å². The summed E-state index contributed by atoms with van der Waals surface area (Å²) in [5.41, 5.74) is 10.9. The highest BCUT2D eigenvalue weighted by Crippen LogP contribution is 2.16. The first kappa shape index (κ1) is 11.3. The molecule has 1 unspecified atom stereocenters. The molecule has 0 aliphatic heterocycles. The molecule has 0 aliphatic carbocycles. The lowest BCUT2D eigenvalue weighted by Crippen LogP contribution is -2.36. The number of rotatable bonds is 6. The Hall–Kier alpha value is 0.314. The predicted octanol–water partition coefficient (Wildman–Crippen LogP) is -0.834. The first-order valence-electron chi connectivity index (χ1n) is 4.14. The Morgan fingerprint density at radius 2 is 1.91 bits per heavy atom. The van der Waals surface area contributed by atoms with Gasteiger partial charge in [0, 0.05) is 0 Å². The quantitative estimate of drug-likeness (QED) is 0.540. The van der Waals surface area contributed by atoms with Crippen LogP contribution in [0.1, 0.15) is 6.42 Å². The topological polar surface area (TPSA) is 61.3 Å². The molecular formula is C6H20N2OSi2. The van der Waals surface area contributed by atoms with E-state index in [-0.39, 0.29) is 0 Å². The molecule has 0 saturated heterocycles. The number of hydrogen-bond acceptors (Lipinski definition) is 3. The van der Waals surface area contributed by atoms with Gasteiger partial charge in [-0.05, 0) is 38.1 Å². The third-order valence-electron chi connectivity index (χ3n) is 2.08. The van der Waals surface area contributed by atoms with Gasteiger partial charge in [0.05, 0.1) is 0 Å².